The lowest BCUT2D eigenvalue weighted by molar-refractivity contribution is 0.0992. The quantitative estimate of drug-likeness (QED) is 0.728. The van der Waals surface area contributed by atoms with Gasteiger partial charge in [-0.1, -0.05) is 0 Å². The number of primary amides is 1. The number of methoxy groups -OCH3 is 1. The molecule has 2 aromatic rings. The van der Waals surface area contributed by atoms with E-state index in [0.717, 1.165) is 25.9 Å². The molecule has 0 bridgehead atoms. The van der Waals surface area contributed by atoms with Gasteiger partial charge in [0.15, 0.2) is 5.69 Å². The molecule has 1 atom stereocenters. The molecule has 3 heterocycles. The molecule has 1 unspecified atom stereocenters. The first-order valence-corrected chi connectivity index (χ1v) is 7.99. The van der Waals surface area contributed by atoms with Crippen LogP contribution in [0.25, 0.3) is 0 Å². The van der Waals surface area contributed by atoms with Gasteiger partial charge in [0.1, 0.15) is 5.56 Å². The monoisotopic (exact) mass is 344 g/mol. The zero-order valence-corrected chi connectivity index (χ0v) is 13.9. The zero-order chi connectivity index (χ0) is 17.8. The number of hydrogen-bond acceptors (Lipinski definition) is 6. The van der Waals surface area contributed by atoms with Crippen LogP contribution in [0.5, 0.6) is 5.88 Å². The first-order valence-electron chi connectivity index (χ1n) is 7.99. The van der Waals surface area contributed by atoms with Gasteiger partial charge in [-0.25, -0.2) is 4.98 Å². The maximum Gasteiger partial charge on any atom is 0.276 e. The van der Waals surface area contributed by atoms with Gasteiger partial charge in [0.05, 0.1) is 25.0 Å². The third kappa shape index (κ3) is 3.77. The van der Waals surface area contributed by atoms with Crippen molar-refractivity contribution in [2.45, 2.75) is 18.9 Å². The Morgan fingerprint density at radius 3 is 3.00 bits per heavy atom. The van der Waals surface area contributed by atoms with Crippen molar-refractivity contribution >= 4 is 17.5 Å². The van der Waals surface area contributed by atoms with Crippen molar-refractivity contribution in [3.8, 4) is 5.88 Å². The molecule has 0 radical (unpaired) electrons. The molecule has 0 aliphatic carbocycles. The SMILES string of the molecule is COc1ncc(NC(=O)c2ccn(C3CCCNC3)n2)cc1C(N)=O. The first kappa shape index (κ1) is 16.9. The van der Waals surface area contributed by atoms with E-state index in [1.165, 1.54) is 19.4 Å². The van der Waals surface area contributed by atoms with Crippen LogP contribution in [0.2, 0.25) is 0 Å². The molecule has 25 heavy (non-hydrogen) atoms. The lowest BCUT2D eigenvalue weighted by Crippen LogP contribution is -2.32. The molecule has 0 spiro atoms. The van der Waals surface area contributed by atoms with Gasteiger partial charge in [0.2, 0.25) is 5.88 Å². The highest BCUT2D eigenvalue weighted by Gasteiger charge is 2.18. The number of aromatic nitrogens is 3. The topological polar surface area (TPSA) is 124 Å². The zero-order valence-electron chi connectivity index (χ0n) is 13.9. The Morgan fingerprint density at radius 2 is 2.32 bits per heavy atom. The van der Waals surface area contributed by atoms with E-state index in [1.807, 2.05) is 4.68 Å². The molecule has 0 aromatic carbocycles. The molecule has 4 N–H and O–H groups in total. The van der Waals surface area contributed by atoms with E-state index < -0.39 is 5.91 Å². The number of nitrogens with zero attached hydrogens (tertiary/aromatic N) is 3. The van der Waals surface area contributed by atoms with Gasteiger partial charge in [-0.2, -0.15) is 5.10 Å². The minimum Gasteiger partial charge on any atom is -0.480 e. The fourth-order valence-electron chi connectivity index (χ4n) is 2.78. The Hall–Kier alpha value is -2.94. The number of piperidine rings is 1. The van der Waals surface area contributed by atoms with Crippen LogP contribution in [0.3, 0.4) is 0 Å². The van der Waals surface area contributed by atoms with Crippen LogP contribution < -0.4 is 21.1 Å². The van der Waals surface area contributed by atoms with Crippen molar-refractivity contribution in [2.75, 3.05) is 25.5 Å². The van der Waals surface area contributed by atoms with Crippen LogP contribution in [0.15, 0.2) is 24.5 Å². The molecule has 132 valence electrons. The third-order valence-corrected chi connectivity index (χ3v) is 4.05. The van der Waals surface area contributed by atoms with Gasteiger partial charge in [-0.3, -0.25) is 14.3 Å². The number of nitrogens with two attached hydrogens (primary N) is 1. The second-order valence-corrected chi connectivity index (χ2v) is 5.78. The molecule has 0 saturated carbocycles. The first-order chi connectivity index (χ1) is 12.1. The summed E-state index contributed by atoms with van der Waals surface area (Å²) in [4.78, 5) is 27.8. The summed E-state index contributed by atoms with van der Waals surface area (Å²) in [7, 11) is 1.39. The Balaban J connectivity index is 1.73. The summed E-state index contributed by atoms with van der Waals surface area (Å²) in [6.07, 6.45) is 5.30. The van der Waals surface area contributed by atoms with Crippen LogP contribution in [0.1, 0.15) is 39.7 Å². The smallest absolute Gasteiger partial charge is 0.276 e. The van der Waals surface area contributed by atoms with E-state index in [9.17, 15) is 9.59 Å². The van der Waals surface area contributed by atoms with E-state index >= 15 is 0 Å². The summed E-state index contributed by atoms with van der Waals surface area (Å²) in [5, 5.41) is 10.3. The van der Waals surface area contributed by atoms with Gasteiger partial charge in [-0.15, -0.1) is 0 Å². The summed E-state index contributed by atoms with van der Waals surface area (Å²) in [5.74, 6) is -0.959. The molecule has 2 aromatic heterocycles. The molecule has 1 fully saturated rings. The van der Waals surface area contributed by atoms with Crippen molar-refractivity contribution in [3.05, 3.63) is 35.8 Å². The maximum atomic E-state index is 12.4. The highest BCUT2D eigenvalue weighted by Crippen LogP contribution is 2.20. The second kappa shape index (κ2) is 7.31. The van der Waals surface area contributed by atoms with Gasteiger partial charge in [0, 0.05) is 12.7 Å². The molecule has 1 saturated heterocycles. The normalized spacial score (nSPS) is 17.1. The minimum atomic E-state index is -0.686. The van der Waals surface area contributed by atoms with Crippen molar-refractivity contribution < 1.29 is 14.3 Å². The van der Waals surface area contributed by atoms with E-state index in [-0.39, 0.29) is 23.4 Å². The Bertz CT molecular complexity index is 782. The minimum absolute atomic E-state index is 0.0964. The molecular formula is C16H20N6O3. The third-order valence-electron chi connectivity index (χ3n) is 4.05. The number of ether oxygens (including phenoxy) is 1. The Morgan fingerprint density at radius 1 is 1.48 bits per heavy atom. The van der Waals surface area contributed by atoms with Crippen LogP contribution in [0.4, 0.5) is 5.69 Å². The van der Waals surface area contributed by atoms with Crippen LogP contribution >= 0.6 is 0 Å². The largest absolute Gasteiger partial charge is 0.480 e. The Labute approximate surface area is 144 Å². The molecule has 1 aliphatic rings. The molecular weight excluding hydrogens is 324 g/mol. The van der Waals surface area contributed by atoms with E-state index in [1.54, 1.807) is 12.3 Å². The predicted molar refractivity (Wildman–Crippen MR) is 90.6 cm³/mol. The number of amides is 2. The highest BCUT2D eigenvalue weighted by atomic mass is 16.5. The number of rotatable bonds is 5. The predicted octanol–water partition coefficient (Wildman–Crippen LogP) is 0.562. The molecule has 2 amide bonds. The van der Waals surface area contributed by atoms with Gasteiger partial charge >= 0.3 is 0 Å². The van der Waals surface area contributed by atoms with Gasteiger partial charge < -0.3 is 21.1 Å². The second-order valence-electron chi connectivity index (χ2n) is 5.78. The van der Waals surface area contributed by atoms with Crippen LogP contribution in [-0.4, -0.2) is 46.8 Å². The number of carbonyl (C=O) groups is 2. The van der Waals surface area contributed by atoms with Gasteiger partial charge in [0.25, 0.3) is 11.8 Å². The number of hydrogen-bond donors (Lipinski definition) is 3. The molecule has 9 heteroatoms. The van der Waals surface area contributed by atoms with E-state index in [2.05, 4.69) is 20.7 Å². The molecule has 3 rings (SSSR count). The van der Waals surface area contributed by atoms with Crippen molar-refractivity contribution in [3.63, 3.8) is 0 Å². The fraction of sp³-hybridized carbons (Fsp3) is 0.375. The molecule has 9 nitrogen and oxygen atoms in total. The van der Waals surface area contributed by atoms with Crippen molar-refractivity contribution in [1.29, 1.82) is 0 Å². The van der Waals surface area contributed by atoms with Crippen LogP contribution in [-0.2, 0) is 0 Å². The Kier molecular flexibility index (Phi) is 4.94. The summed E-state index contributed by atoms with van der Waals surface area (Å²) in [6, 6.07) is 3.34. The van der Waals surface area contributed by atoms with Crippen LogP contribution in [0, 0.1) is 0 Å². The summed E-state index contributed by atoms with van der Waals surface area (Å²) in [5.41, 5.74) is 6.02. The lowest BCUT2D eigenvalue weighted by atomic mass is 10.1. The number of anilines is 1. The van der Waals surface area contributed by atoms with Crippen molar-refractivity contribution in [1.82, 2.24) is 20.1 Å². The number of nitrogens with one attached hydrogen (secondary N) is 2. The van der Waals surface area contributed by atoms with E-state index in [4.69, 9.17) is 10.5 Å². The highest BCUT2D eigenvalue weighted by molar-refractivity contribution is 6.04. The summed E-state index contributed by atoms with van der Waals surface area (Å²) >= 11 is 0. The van der Waals surface area contributed by atoms with Crippen molar-refractivity contribution in [2.24, 2.45) is 5.73 Å². The maximum absolute atomic E-state index is 12.4. The average Bonchev–Trinajstić information content (AvgIpc) is 3.12. The number of pyridine rings is 1. The average molecular weight is 344 g/mol. The number of carbonyl (C=O) groups excluding carboxylic acids is 2. The van der Waals surface area contributed by atoms with Gasteiger partial charge in [-0.05, 0) is 31.5 Å². The van der Waals surface area contributed by atoms with E-state index in [0.29, 0.717) is 11.4 Å². The summed E-state index contributed by atoms with van der Waals surface area (Å²) in [6.45, 7) is 1.85. The summed E-state index contributed by atoms with van der Waals surface area (Å²) < 4.78 is 6.78. The lowest BCUT2D eigenvalue weighted by Gasteiger charge is -2.22. The molecule has 1 aliphatic heterocycles. The standard InChI is InChI=1S/C16H20N6O3/c1-25-16-12(14(17)23)7-10(8-19-16)20-15(24)13-4-6-22(21-13)11-3-2-5-18-9-11/h4,6-8,11,18H,2-3,5,9H2,1H3,(H2,17,23)(H,20,24). The fourth-order valence-corrected chi connectivity index (χ4v) is 2.78.